The van der Waals surface area contributed by atoms with E-state index < -0.39 is 30.0 Å². The number of halogens is 4. The largest absolute Gasteiger partial charge is 0.379 e. The molecule has 0 spiro atoms. The smallest absolute Gasteiger partial charge is 0.273 e. The van der Waals surface area contributed by atoms with E-state index in [-0.39, 0.29) is 17.9 Å². The second kappa shape index (κ2) is 19.6. The van der Waals surface area contributed by atoms with Crippen molar-refractivity contribution in [2.24, 2.45) is 29.6 Å². The highest BCUT2D eigenvalue weighted by molar-refractivity contribution is 4.76. The molecule has 2 atom stereocenters. The first kappa shape index (κ1) is 40.1. The predicted octanol–water partition coefficient (Wildman–Crippen LogP) is 9.53. The highest BCUT2D eigenvalue weighted by Crippen LogP contribution is 2.26. The standard InChI is InChI=1S/2C10H21FO.C9H18F2O/c1-8(2)10(5,11)6-7-12-9(3)4;1-8(2)6-7-12-10(5,11)9(3)4;1-7(2)5-12-6-9(10,11)8(3)4/h2*8-9H,6-7H2,1-5H3;7-8H,5-6H2,1-4H3. The lowest BCUT2D eigenvalue weighted by Crippen LogP contribution is -2.30. The molecule has 0 radical (unpaired) electrons. The van der Waals surface area contributed by atoms with Crippen LogP contribution in [0.4, 0.5) is 17.6 Å². The molecule has 0 saturated carbocycles. The lowest BCUT2D eigenvalue weighted by atomic mass is 9.91. The minimum absolute atomic E-state index is 0.0632. The van der Waals surface area contributed by atoms with Crippen LogP contribution in [0.25, 0.3) is 0 Å². The molecule has 0 heterocycles. The molecule has 2 unspecified atom stereocenters. The van der Waals surface area contributed by atoms with Crippen molar-refractivity contribution in [1.29, 1.82) is 0 Å². The first-order valence-corrected chi connectivity index (χ1v) is 13.7. The van der Waals surface area contributed by atoms with Crippen molar-refractivity contribution >= 4 is 0 Å². The Morgan fingerprint density at radius 1 is 0.639 bits per heavy atom. The number of ether oxygens (including phenoxy) is 3. The summed E-state index contributed by atoms with van der Waals surface area (Å²) in [5, 5.41) is 0. The van der Waals surface area contributed by atoms with Crippen LogP contribution in [-0.2, 0) is 14.2 Å². The highest BCUT2D eigenvalue weighted by atomic mass is 19.3. The van der Waals surface area contributed by atoms with E-state index in [4.69, 9.17) is 14.2 Å². The summed E-state index contributed by atoms with van der Waals surface area (Å²) >= 11 is 0. The molecule has 0 aromatic carbocycles. The average Bonchev–Trinajstić information content (AvgIpc) is 2.67. The van der Waals surface area contributed by atoms with E-state index in [1.807, 2.05) is 55.4 Å². The lowest BCUT2D eigenvalue weighted by Gasteiger charge is -2.25. The van der Waals surface area contributed by atoms with Gasteiger partial charge in [0.2, 0.25) is 5.85 Å². The number of hydrogen-bond donors (Lipinski definition) is 0. The normalized spacial score (nSPS) is 15.7. The van der Waals surface area contributed by atoms with Gasteiger partial charge in [0, 0.05) is 31.5 Å². The summed E-state index contributed by atoms with van der Waals surface area (Å²) in [6.07, 6.45) is 1.61. The fraction of sp³-hybridized carbons (Fsp3) is 1.00. The van der Waals surface area contributed by atoms with Crippen LogP contribution >= 0.6 is 0 Å². The monoisotopic (exact) mass is 532 g/mol. The maximum atomic E-state index is 13.6. The quantitative estimate of drug-likeness (QED) is 0.197. The van der Waals surface area contributed by atoms with Crippen LogP contribution in [0, 0.1) is 29.6 Å². The molecule has 222 valence electrons. The summed E-state index contributed by atoms with van der Waals surface area (Å²) < 4.78 is 68.1. The van der Waals surface area contributed by atoms with Crippen LogP contribution in [0.1, 0.15) is 110 Å². The molecular weight excluding hydrogens is 472 g/mol. The Labute approximate surface area is 221 Å². The summed E-state index contributed by atoms with van der Waals surface area (Å²) in [6, 6.07) is 0. The molecule has 0 saturated heterocycles. The topological polar surface area (TPSA) is 27.7 Å². The van der Waals surface area contributed by atoms with Crippen LogP contribution in [-0.4, -0.2) is 50.0 Å². The first-order chi connectivity index (χ1) is 16.1. The van der Waals surface area contributed by atoms with E-state index in [1.165, 1.54) is 20.8 Å². The SMILES string of the molecule is CC(C)CCOC(C)(F)C(C)C.CC(C)COCC(F)(F)C(C)C.CC(C)OCCC(C)(F)C(C)C. The van der Waals surface area contributed by atoms with Gasteiger partial charge in [0.15, 0.2) is 0 Å². The van der Waals surface area contributed by atoms with Crippen molar-refractivity contribution in [3.63, 3.8) is 0 Å². The van der Waals surface area contributed by atoms with E-state index in [1.54, 1.807) is 6.92 Å². The minimum atomic E-state index is -2.69. The fourth-order valence-corrected chi connectivity index (χ4v) is 2.04. The van der Waals surface area contributed by atoms with E-state index >= 15 is 0 Å². The molecule has 0 aliphatic carbocycles. The van der Waals surface area contributed by atoms with Crippen LogP contribution in [0.3, 0.4) is 0 Å². The van der Waals surface area contributed by atoms with Gasteiger partial charge in [-0.05, 0) is 51.9 Å². The Bertz CT molecular complexity index is 431. The molecule has 7 heteroatoms. The van der Waals surface area contributed by atoms with Gasteiger partial charge in [-0.3, -0.25) is 0 Å². The van der Waals surface area contributed by atoms with Gasteiger partial charge < -0.3 is 14.2 Å². The van der Waals surface area contributed by atoms with Gasteiger partial charge >= 0.3 is 0 Å². The maximum absolute atomic E-state index is 13.6. The zero-order valence-corrected chi connectivity index (χ0v) is 25.9. The first-order valence-electron chi connectivity index (χ1n) is 13.7. The van der Waals surface area contributed by atoms with Gasteiger partial charge in [-0.25, -0.2) is 17.6 Å². The zero-order valence-electron chi connectivity index (χ0n) is 25.9. The predicted molar refractivity (Wildman–Crippen MR) is 145 cm³/mol. The molecule has 0 fully saturated rings. The Balaban J connectivity index is -0.000000454. The van der Waals surface area contributed by atoms with Crippen LogP contribution < -0.4 is 0 Å². The summed E-state index contributed by atoms with van der Waals surface area (Å²) in [4.78, 5) is 0. The summed E-state index contributed by atoms with van der Waals surface area (Å²) in [6.45, 7) is 26.6. The second-order valence-electron chi connectivity index (χ2n) is 12.1. The lowest BCUT2D eigenvalue weighted by molar-refractivity contribution is -0.162. The number of alkyl halides is 4. The van der Waals surface area contributed by atoms with E-state index in [0.717, 1.165) is 6.42 Å². The molecule has 0 rings (SSSR count). The van der Waals surface area contributed by atoms with Crippen LogP contribution in [0.2, 0.25) is 0 Å². The Morgan fingerprint density at radius 2 is 1.14 bits per heavy atom. The molecule has 0 bridgehead atoms. The van der Waals surface area contributed by atoms with Crippen molar-refractivity contribution in [2.75, 3.05) is 26.4 Å². The van der Waals surface area contributed by atoms with Gasteiger partial charge in [0.05, 0.1) is 12.7 Å². The van der Waals surface area contributed by atoms with Crippen molar-refractivity contribution in [2.45, 2.75) is 133 Å². The maximum Gasteiger partial charge on any atom is 0.273 e. The molecule has 0 N–H and O–H groups in total. The molecule has 0 aliphatic rings. The van der Waals surface area contributed by atoms with Gasteiger partial charge in [-0.2, -0.15) is 0 Å². The van der Waals surface area contributed by atoms with Crippen molar-refractivity contribution < 1.29 is 31.8 Å². The third kappa shape index (κ3) is 24.0. The van der Waals surface area contributed by atoms with Crippen molar-refractivity contribution in [3.8, 4) is 0 Å². The third-order valence-corrected chi connectivity index (χ3v) is 5.95. The minimum Gasteiger partial charge on any atom is -0.379 e. The Morgan fingerprint density at radius 3 is 1.47 bits per heavy atom. The molecule has 36 heavy (non-hydrogen) atoms. The average molecular weight is 533 g/mol. The molecule has 0 amide bonds. The summed E-state index contributed by atoms with van der Waals surface area (Å²) in [7, 11) is 0. The van der Waals surface area contributed by atoms with Gasteiger partial charge in [-0.15, -0.1) is 0 Å². The van der Waals surface area contributed by atoms with Gasteiger partial charge in [-0.1, -0.05) is 69.2 Å². The molecule has 3 nitrogen and oxygen atoms in total. The highest BCUT2D eigenvalue weighted by Gasteiger charge is 2.33. The van der Waals surface area contributed by atoms with Crippen molar-refractivity contribution in [1.82, 2.24) is 0 Å². The van der Waals surface area contributed by atoms with Crippen molar-refractivity contribution in [3.05, 3.63) is 0 Å². The zero-order chi connectivity index (χ0) is 29.3. The summed E-state index contributed by atoms with van der Waals surface area (Å²) in [5.74, 6) is -3.92. The van der Waals surface area contributed by atoms with E-state index in [2.05, 4.69) is 13.8 Å². The fourth-order valence-electron chi connectivity index (χ4n) is 2.04. The van der Waals surface area contributed by atoms with E-state index in [9.17, 15) is 17.6 Å². The number of hydrogen-bond acceptors (Lipinski definition) is 3. The van der Waals surface area contributed by atoms with Gasteiger partial charge in [0.1, 0.15) is 12.3 Å². The van der Waals surface area contributed by atoms with E-state index in [0.29, 0.717) is 38.1 Å². The molecular formula is C29H60F4O3. The second-order valence-corrected chi connectivity index (χ2v) is 12.1. The Hall–Kier alpha value is -0.400. The third-order valence-electron chi connectivity index (χ3n) is 5.95. The molecule has 0 aromatic rings. The number of rotatable bonds is 15. The molecule has 0 aliphatic heterocycles. The molecule has 0 aromatic heterocycles. The summed E-state index contributed by atoms with van der Waals surface area (Å²) in [5.41, 5.74) is -1.09. The van der Waals surface area contributed by atoms with Crippen LogP contribution in [0.5, 0.6) is 0 Å². The van der Waals surface area contributed by atoms with Gasteiger partial charge in [0.25, 0.3) is 5.92 Å². The Kier molecular flexibility index (Phi) is 21.9. The van der Waals surface area contributed by atoms with Crippen LogP contribution in [0.15, 0.2) is 0 Å².